The summed E-state index contributed by atoms with van der Waals surface area (Å²) < 4.78 is 30.6. The normalized spacial score (nSPS) is 10.0. The third kappa shape index (κ3) is 2.55. The lowest BCUT2D eigenvalue weighted by atomic mass is 10.1. The summed E-state index contributed by atoms with van der Waals surface area (Å²) in [5, 5.41) is -0.311. The number of Topliss-reactive ketones (excluding diaryl/α,β-unsaturated/α-hetero) is 1. The molecule has 1 aromatic carbocycles. The van der Waals surface area contributed by atoms with Crippen molar-refractivity contribution in [1.29, 1.82) is 0 Å². The minimum absolute atomic E-state index is 0.311. The Labute approximate surface area is 95.0 Å². The first-order valence-corrected chi connectivity index (χ1v) is 4.58. The molecule has 0 aliphatic carbocycles. The largest absolute Gasteiger partial charge is 0.463 e. The molecule has 0 spiro atoms. The number of benzene rings is 1. The van der Waals surface area contributed by atoms with Gasteiger partial charge in [-0.15, -0.1) is 0 Å². The van der Waals surface area contributed by atoms with E-state index in [1.54, 1.807) is 0 Å². The number of ether oxygens (including phenoxy) is 1. The monoisotopic (exact) mass is 248 g/mol. The zero-order chi connectivity index (χ0) is 12.3. The Hall–Kier alpha value is -1.49. The van der Waals surface area contributed by atoms with Gasteiger partial charge in [-0.25, -0.2) is 13.6 Å². The number of methoxy groups -OCH3 is 1. The van der Waals surface area contributed by atoms with Crippen LogP contribution in [0.15, 0.2) is 12.1 Å². The molecule has 1 rings (SSSR count). The molecular formula is C10H7ClF2O3. The van der Waals surface area contributed by atoms with Gasteiger partial charge in [-0.2, -0.15) is 0 Å². The molecule has 6 heteroatoms. The second-order valence-corrected chi connectivity index (χ2v) is 3.32. The van der Waals surface area contributed by atoms with E-state index in [-0.39, 0.29) is 5.02 Å². The van der Waals surface area contributed by atoms with Crippen molar-refractivity contribution >= 4 is 23.4 Å². The second kappa shape index (κ2) is 5.03. The van der Waals surface area contributed by atoms with E-state index in [1.165, 1.54) is 0 Å². The molecule has 0 N–H and O–H groups in total. The quantitative estimate of drug-likeness (QED) is 0.466. The van der Waals surface area contributed by atoms with E-state index in [0.717, 1.165) is 19.2 Å². The summed E-state index contributed by atoms with van der Waals surface area (Å²) in [5.74, 6) is -4.17. The molecule has 0 heterocycles. The van der Waals surface area contributed by atoms with E-state index < -0.39 is 35.4 Å². The van der Waals surface area contributed by atoms with E-state index in [2.05, 4.69) is 4.74 Å². The minimum Gasteiger partial charge on any atom is -0.463 e. The van der Waals surface area contributed by atoms with E-state index in [0.29, 0.717) is 0 Å². The molecule has 1 aromatic rings. The predicted molar refractivity (Wildman–Crippen MR) is 52.1 cm³/mol. The van der Waals surface area contributed by atoms with Crippen LogP contribution in [0, 0.1) is 11.6 Å². The number of carbonyl (C=O) groups is 2. The number of halogens is 3. The summed E-state index contributed by atoms with van der Waals surface area (Å²) >= 11 is 5.41. The van der Waals surface area contributed by atoms with Gasteiger partial charge in [0, 0.05) is 12.0 Å². The molecular weight excluding hydrogens is 242 g/mol. The lowest BCUT2D eigenvalue weighted by Gasteiger charge is -2.04. The maximum Gasteiger partial charge on any atom is 0.374 e. The van der Waals surface area contributed by atoms with Crippen LogP contribution in [0.5, 0.6) is 0 Å². The topological polar surface area (TPSA) is 43.4 Å². The molecule has 86 valence electrons. The Bertz CT molecular complexity index is 446. The highest BCUT2D eigenvalue weighted by atomic mass is 35.5. The van der Waals surface area contributed by atoms with Gasteiger partial charge in [0.2, 0.25) is 5.78 Å². The van der Waals surface area contributed by atoms with Crippen LogP contribution in [-0.4, -0.2) is 18.9 Å². The molecule has 0 unspecified atom stereocenters. The zero-order valence-electron chi connectivity index (χ0n) is 8.22. The lowest BCUT2D eigenvalue weighted by Crippen LogP contribution is -2.19. The molecule has 0 saturated carbocycles. The van der Waals surface area contributed by atoms with Crippen LogP contribution in [0.1, 0.15) is 5.56 Å². The van der Waals surface area contributed by atoms with Gasteiger partial charge in [0.25, 0.3) is 0 Å². The fourth-order valence-corrected chi connectivity index (χ4v) is 1.25. The highest BCUT2D eigenvalue weighted by Gasteiger charge is 2.20. The predicted octanol–water partition coefficient (Wildman–Crippen LogP) is 1.90. The Kier molecular flexibility index (Phi) is 3.95. The van der Waals surface area contributed by atoms with Crippen LogP contribution in [0.4, 0.5) is 8.78 Å². The number of hydrogen-bond donors (Lipinski definition) is 0. The third-order valence-corrected chi connectivity index (χ3v) is 2.18. The molecule has 0 atom stereocenters. The molecule has 0 saturated heterocycles. The van der Waals surface area contributed by atoms with Crippen molar-refractivity contribution in [2.24, 2.45) is 0 Å². The molecule has 0 fully saturated rings. The van der Waals surface area contributed by atoms with Crippen LogP contribution < -0.4 is 0 Å². The fraction of sp³-hybridized carbons (Fsp3) is 0.200. The van der Waals surface area contributed by atoms with Crippen molar-refractivity contribution in [2.75, 3.05) is 7.11 Å². The Balaban J connectivity index is 3.02. The Morgan fingerprint density at radius 3 is 2.56 bits per heavy atom. The number of hydrogen-bond acceptors (Lipinski definition) is 3. The first-order chi connectivity index (χ1) is 7.47. The van der Waals surface area contributed by atoms with Crippen LogP contribution in [0.3, 0.4) is 0 Å². The van der Waals surface area contributed by atoms with E-state index >= 15 is 0 Å². The van der Waals surface area contributed by atoms with Crippen LogP contribution >= 0.6 is 11.6 Å². The van der Waals surface area contributed by atoms with Gasteiger partial charge in [0.15, 0.2) is 0 Å². The van der Waals surface area contributed by atoms with Crippen molar-refractivity contribution in [3.05, 3.63) is 34.4 Å². The highest BCUT2D eigenvalue weighted by Crippen LogP contribution is 2.21. The average Bonchev–Trinajstić information content (AvgIpc) is 2.28. The molecule has 0 aliphatic rings. The molecule has 0 radical (unpaired) electrons. The standard InChI is InChI=1S/C10H7ClF2O3/c1-16-10(15)8(14)4-5-7(12)3-2-6(11)9(5)13/h2-3H,4H2,1H3. The summed E-state index contributed by atoms with van der Waals surface area (Å²) in [6.45, 7) is 0. The van der Waals surface area contributed by atoms with Crippen molar-refractivity contribution in [1.82, 2.24) is 0 Å². The van der Waals surface area contributed by atoms with E-state index in [1.807, 2.05) is 0 Å². The zero-order valence-corrected chi connectivity index (χ0v) is 8.98. The van der Waals surface area contributed by atoms with Crippen molar-refractivity contribution in [3.8, 4) is 0 Å². The van der Waals surface area contributed by atoms with Gasteiger partial charge in [0.1, 0.15) is 11.6 Å². The summed E-state index contributed by atoms with van der Waals surface area (Å²) in [6, 6.07) is 1.95. The maximum absolute atomic E-state index is 13.3. The second-order valence-electron chi connectivity index (χ2n) is 2.91. The van der Waals surface area contributed by atoms with Gasteiger partial charge < -0.3 is 4.74 Å². The third-order valence-electron chi connectivity index (χ3n) is 1.89. The first-order valence-electron chi connectivity index (χ1n) is 4.21. The number of rotatable bonds is 3. The molecule has 0 aliphatic heterocycles. The number of ketones is 1. The first kappa shape index (κ1) is 12.6. The van der Waals surface area contributed by atoms with Gasteiger partial charge in [0.05, 0.1) is 12.1 Å². The summed E-state index contributed by atoms with van der Waals surface area (Å²) in [4.78, 5) is 21.9. The van der Waals surface area contributed by atoms with Gasteiger partial charge >= 0.3 is 5.97 Å². The average molecular weight is 249 g/mol. The molecule has 3 nitrogen and oxygen atoms in total. The fourth-order valence-electron chi connectivity index (χ4n) is 1.08. The summed E-state index contributed by atoms with van der Waals surface area (Å²) in [7, 11) is 1.00. The highest BCUT2D eigenvalue weighted by molar-refractivity contribution is 6.34. The smallest absolute Gasteiger partial charge is 0.374 e. The SMILES string of the molecule is COC(=O)C(=O)Cc1c(F)ccc(Cl)c1F. The Morgan fingerprint density at radius 1 is 1.38 bits per heavy atom. The van der Waals surface area contributed by atoms with Crippen LogP contribution in [0.2, 0.25) is 5.02 Å². The van der Waals surface area contributed by atoms with Crippen LogP contribution in [0.25, 0.3) is 0 Å². The lowest BCUT2D eigenvalue weighted by molar-refractivity contribution is -0.151. The Morgan fingerprint density at radius 2 is 2.00 bits per heavy atom. The molecule has 16 heavy (non-hydrogen) atoms. The van der Waals surface area contributed by atoms with Crippen LogP contribution in [-0.2, 0) is 20.7 Å². The van der Waals surface area contributed by atoms with Crippen molar-refractivity contribution in [3.63, 3.8) is 0 Å². The molecule has 0 aromatic heterocycles. The summed E-state index contributed by atoms with van der Waals surface area (Å²) in [6.07, 6.45) is -0.717. The van der Waals surface area contributed by atoms with E-state index in [4.69, 9.17) is 11.6 Å². The molecule has 0 bridgehead atoms. The summed E-state index contributed by atoms with van der Waals surface area (Å²) in [5.41, 5.74) is -0.539. The van der Waals surface area contributed by atoms with Crippen molar-refractivity contribution in [2.45, 2.75) is 6.42 Å². The van der Waals surface area contributed by atoms with E-state index in [9.17, 15) is 18.4 Å². The molecule has 0 amide bonds. The van der Waals surface area contributed by atoms with Gasteiger partial charge in [-0.1, -0.05) is 11.6 Å². The maximum atomic E-state index is 13.3. The van der Waals surface area contributed by atoms with Crippen molar-refractivity contribution < 1.29 is 23.1 Å². The van der Waals surface area contributed by atoms with Gasteiger partial charge in [-0.05, 0) is 12.1 Å². The minimum atomic E-state index is -1.15. The number of carbonyl (C=O) groups excluding carboxylic acids is 2. The number of esters is 1. The van der Waals surface area contributed by atoms with Gasteiger partial charge in [-0.3, -0.25) is 4.79 Å².